The van der Waals surface area contributed by atoms with Crippen LogP contribution in [0.4, 0.5) is 0 Å². The molecule has 0 saturated heterocycles. The number of para-hydroxylation sites is 1. The van der Waals surface area contributed by atoms with E-state index in [2.05, 4.69) is 5.10 Å². The number of aryl methyl sites for hydroxylation is 1. The zero-order chi connectivity index (χ0) is 19.0. The topological polar surface area (TPSA) is 72.2 Å². The van der Waals surface area contributed by atoms with Crippen molar-refractivity contribution in [3.05, 3.63) is 89.5 Å². The van der Waals surface area contributed by atoms with Crippen LogP contribution >= 0.6 is 0 Å². The molecule has 132 valence electrons. The Kier molecular flexibility index (Phi) is 4.05. The first kappa shape index (κ1) is 16.7. The number of fused-ring (bicyclic) bond motifs is 1. The van der Waals surface area contributed by atoms with E-state index in [-0.39, 0.29) is 11.5 Å². The van der Waals surface area contributed by atoms with E-state index in [1.165, 1.54) is 16.8 Å². The van der Waals surface area contributed by atoms with Crippen LogP contribution in [0.25, 0.3) is 22.2 Å². The average molecular weight is 356 g/mol. The van der Waals surface area contributed by atoms with Crippen LogP contribution in [0, 0.1) is 6.92 Å². The molecular formula is C22H16N2O3. The highest BCUT2D eigenvalue weighted by Crippen LogP contribution is 2.29. The van der Waals surface area contributed by atoms with Gasteiger partial charge in [0.05, 0.1) is 11.1 Å². The zero-order valence-electron chi connectivity index (χ0n) is 14.6. The molecule has 1 aromatic heterocycles. The minimum atomic E-state index is -0.980. The summed E-state index contributed by atoms with van der Waals surface area (Å²) in [6.45, 7) is 1.89. The number of aromatic nitrogens is 2. The number of nitrogens with zero attached hydrogens (tertiary/aromatic N) is 2. The molecule has 0 saturated carbocycles. The third-order valence-corrected chi connectivity index (χ3v) is 4.56. The third kappa shape index (κ3) is 2.89. The highest BCUT2D eigenvalue weighted by molar-refractivity contribution is 6.05. The number of benzene rings is 3. The van der Waals surface area contributed by atoms with Crippen LogP contribution in [0.1, 0.15) is 26.3 Å². The van der Waals surface area contributed by atoms with Gasteiger partial charge in [-0.3, -0.25) is 4.79 Å². The van der Waals surface area contributed by atoms with Crippen molar-refractivity contribution in [3.63, 3.8) is 0 Å². The van der Waals surface area contributed by atoms with Crippen LogP contribution in [0.3, 0.4) is 0 Å². The van der Waals surface area contributed by atoms with Crippen LogP contribution in [-0.2, 0) is 0 Å². The SMILES string of the molecule is Cc1ccccc1C(=O)n1nc(-c2ccc(C(=O)O)cc2)c2ccccc21. The highest BCUT2D eigenvalue weighted by atomic mass is 16.4. The molecule has 0 amide bonds. The van der Waals surface area contributed by atoms with Gasteiger partial charge in [0.2, 0.25) is 0 Å². The number of aromatic carboxylic acids is 1. The molecule has 4 rings (SSSR count). The van der Waals surface area contributed by atoms with E-state index in [9.17, 15) is 9.59 Å². The molecule has 0 radical (unpaired) electrons. The lowest BCUT2D eigenvalue weighted by atomic mass is 10.1. The maximum Gasteiger partial charge on any atom is 0.335 e. The van der Waals surface area contributed by atoms with Gasteiger partial charge in [0.15, 0.2) is 0 Å². The minimum Gasteiger partial charge on any atom is -0.478 e. The summed E-state index contributed by atoms with van der Waals surface area (Å²) in [7, 11) is 0. The van der Waals surface area contributed by atoms with Crippen molar-refractivity contribution in [3.8, 4) is 11.3 Å². The smallest absolute Gasteiger partial charge is 0.335 e. The van der Waals surface area contributed by atoms with Gasteiger partial charge in [0.1, 0.15) is 5.69 Å². The molecule has 5 nitrogen and oxygen atoms in total. The molecule has 0 atom stereocenters. The zero-order valence-corrected chi connectivity index (χ0v) is 14.6. The molecule has 4 aromatic rings. The lowest BCUT2D eigenvalue weighted by Crippen LogP contribution is -2.14. The van der Waals surface area contributed by atoms with E-state index < -0.39 is 5.97 Å². The molecule has 0 aliphatic rings. The van der Waals surface area contributed by atoms with Crippen molar-refractivity contribution in [1.29, 1.82) is 0 Å². The van der Waals surface area contributed by atoms with Gasteiger partial charge in [0.25, 0.3) is 5.91 Å². The first-order chi connectivity index (χ1) is 13.1. The minimum absolute atomic E-state index is 0.197. The molecule has 0 aliphatic carbocycles. The molecule has 3 aromatic carbocycles. The molecule has 5 heteroatoms. The van der Waals surface area contributed by atoms with Gasteiger partial charge in [-0.05, 0) is 36.8 Å². The summed E-state index contributed by atoms with van der Waals surface area (Å²) in [4.78, 5) is 24.2. The van der Waals surface area contributed by atoms with E-state index in [4.69, 9.17) is 5.11 Å². The first-order valence-electron chi connectivity index (χ1n) is 8.48. The molecule has 1 heterocycles. The summed E-state index contributed by atoms with van der Waals surface area (Å²) in [5.74, 6) is -1.18. The van der Waals surface area contributed by atoms with Crippen molar-refractivity contribution in [2.75, 3.05) is 0 Å². The average Bonchev–Trinajstić information content (AvgIpc) is 3.08. The van der Waals surface area contributed by atoms with Crippen molar-refractivity contribution < 1.29 is 14.7 Å². The molecule has 1 N–H and O–H groups in total. The first-order valence-corrected chi connectivity index (χ1v) is 8.48. The van der Waals surface area contributed by atoms with E-state index in [1.54, 1.807) is 18.2 Å². The summed E-state index contributed by atoms with van der Waals surface area (Å²) in [6, 6.07) is 21.4. The Morgan fingerprint density at radius 1 is 0.889 bits per heavy atom. The molecule has 0 bridgehead atoms. The summed E-state index contributed by atoms with van der Waals surface area (Å²) >= 11 is 0. The molecule has 0 spiro atoms. The van der Waals surface area contributed by atoms with Crippen LogP contribution in [-0.4, -0.2) is 26.8 Å². The van der Waals surface area contributed by atoms with Crippen molar-refractivity contribution in [1.82, 2.24) is 9.78 Å². The fraction of sp³-hybridized carbons (Fsp3) is 0.0455. The maximum absolute atomic E-state index is 13.1. The number of carboxylic acids is 1. The number of hydrogen-bond acceptors (Lipinski definition) is 3. The molecular weight excluding hydrogens is 340 g/mol. The van der Waals surface area contributed by atoms with Crippen LogP contribution in [0.15, 0.2) is 72.8 Å². The van der Waals surface area contributed by atoms with Gasteiger partial charge in [-0.15, -0.1) is 0 Å². The van der Waals surface area contributed by atoms with E-state index in [0.717, 1.165) is 16.5 Å². The quantitative estimate of drug-likeness (QED) is 0.591. The van der Waals surface area contributed by atoms with Crippen molar-refractivity contribution >= 4 is 22.8 Å². The van der Waals surface area contributed by atoms with Gasteiger partial charge >= 0.3 is 5.97 Å². The standard InChI is InChI=1S/C22H16N2O3/c1-14-6-2-3-7-17(14)21(25)24-19-9-5-4-8-18(19)20(23-24)15-10-12-16(13-11-15)22(26)27/h2-13H,1H3,(H,26,27). The summed E-state index contributed by atoms with van der Waals surface area (Å²) in [5.41, 5.74) is 3.80. The predicted octanol–water partition coefficient (Wildman–Crippen LogP) is 4.40. The molecule has 27 heavy (non-hydrogen) atoms. The van der Waals surface area contributed by atoms with Gasteiger partial charge in [-0.2, -0.15) is 9.78 Å². The second-order valence-corrected chi connectivity index (χ2v) is 6.28. The Morgan fingerprint density at radius 3 is 2.26 bits per heavy atom. The van der Waals surface area contributed by atoms with E-state index in [1.807, 2.05) is 49.4 Å². The fourth-order valence-electron chi connectivity index (χ4n) is 3.13. The van der Waals surface area contributed by atoms with E-state index in [0.29, 0.717) is 16.8 Å². The lowest BCUT2D eigenvalue weighted by Gasteiger charge is -2.05. The largest absolute Gasteiger partial charge is 0.478 e. The summed E-state index contributed by atoms with van der Waals surface area (Å²) in [5, 5.41) is 14.5. The normalized spacial score (nSPS) is 10.9. The number of hydrogen-bond donors (Lipinski definition) is 1. The number of rotatable bonds is 3. The second kappa shape index (κ2) is 6.53. The highest BCUT2D eigenvalue weighted by Gasteiger charge is 2.19. The fourth-order valence-corrected chi connectivity index (χ4v) is 3.13. The monoisotopic (exact) mass is 356 g/mol. The Labute approximate surface area is 155 Å². The third-order valence-electron chi connectivity index (χ3n) is 4.56. The Balaban J connectivity index is 1.88. The number of carboxylic acid groups (broad SMARTS) is 1. The maximum atomic E-state index is 13.1. The van der Waals surface area contributed by atoms with Gasteiger partial charge in [0, 0.05) is 16.5 Å². The van der Waals surface area contributed by atoms with Gasteiger partial charge < -0.3 is 5.11 Å². The van der Waals surface area contributed by atoms with Crippen LogP contribution in [0.2, 0.25) is 0 Å². The Bertz CT molecular complexity index is 1170. The van der Waals surface area contributed by atoms with Gasteiger partial charge in [-0.1, -0.05) is 48.5 Å². The molecule has 0 aliphatic heterocycles. The summed E-state index contributed by atoms with van der Waals surface area (Å²) < 4.78 is 1.41. The predicted molar refractivity (Wildman–Crippen MR) is 103 cm³/mol. The Hall–Kier alpha value is -3.73. The molecule has 0 fully saturated rings. The Morgan fingerprint density at radius 2 is 1.56 bits per heavy atom. The number of carbonyl (C=O) groups is 2. The van der Waals surface area contributed by atoms with E-state index >= 15 is 0 Å². The van der Waals surface area contributed by atoms with Crippen LogP contribution < -0.4 is 0 Å². The van der Waals surface area contributed by atoms with Crippen LogP contribution in [0.5, 0.6) is 0 Å². The second-order valence-electron chi connectivity index (χ2n) is 6.28. The number of carbonyl (C=O) groups excluding carboxylic acids is 1. The van der Waals surface area contributed by atoms with Crippen molar-refractivity contribution in [2.45, 2.75) is 6.92 Å². The van der Waals surface area contributed by atoms with Crippen molar-refractivity contribution in [2.24, 2.45) is 0 Å². The van der Waals surface area contributed by atoms with Gasteiger partial charge in [-0.25, -0.2) is 4.79 Å². The lowest BCUT2D eigenvalue weighted by molar-refractivity contribution is 0.0696. The molecule has 0 unspecified atom stereocenters. The summed E-state index contributed by atoms with van der Waals surface area (Å²) in [6.07, 6.45) is 0.